The molecule has 0 fully saturated rings. The summed E-state index contributed by atoms with van der Waals surface area (Å²) >= 11 is 0. The second-order valence-corrected chi connectivity index (χ2v) is 6.50. The number of aromatic nitrogens is 1. The monoisotopic (exact) mass is 305 g/mol. The van der Waals surface area contributed by atoms with Crippen LogP contribution in [-0.4, -0.2) is 42.2 Å². The summed E-state index contributed by atoms with van der Waals surface area (Å²) < 4.78 is 5.21. The van der Waals surface area contributed by atoms with Gasteiger partial charge in [-0.25, -0.2) is 4.79 Å². The maximum atomic E-state index is 11.6. The highest BCUT2D eigenvalue weighted by molar-refractivity contribution is 5.67. The van der Waals surface area contributed by atoms with Crippen molar-refractivity contribution in [1.82, 2.24) is 15.2 Å². The Labute approximate surface area is 133 Å². The highest BCUT2D eigenvalue weighted by Gasteiger charge is 2.15. The van der Waals surface area contributed by atoms with Crippen molar-refractivity contribution in [1.29, 1.82) is 0 Å². The molecule has 5 nitrogen and oxygen atoms in total. The topological polar surface area (TPSA) is 54.5 Å². The van der Waals surface area contributed by atoms with E-state index in [0.29, 0.717) is 6.54 Å². The van der Waals surface area contributed by atoms with Gasteiger partial charge in [-0.1, -0.05) is 12.1 Å². The molecule has 0 radical (unpaired) electrons. The lowest BCUT2D eigenvalue weighted by Gasteiger charge is -2.19. The van der Waals surface area contributed by atoms with Gasteiger partial charge in [-0.05, 0) is 59.5 Å². The number of pyridine rings is 1. The number of amides is 1. The molecule has 1 amide bonds. The minimum Gasteiger partial charge on any atom is -0.444 e. The Morgan fingerprint density at radius 1 is 1.36 bits per heavy atom. The van der Waals surface area contributed by atoms with Crippen LogP contribution in [0.3, 0.4) is 0 Å². The first-order chi connectivity index (χ1) is 10.2. The van der Waals surface area contributed by atoms with Gasteiger partial charge in [-0.3, -0.25) is 4.98 Å². The number of carbonyl (C=O) groups is 1. The molecule has 0 saturated carbocycles. The Balaban J connectivity index is 2.59. The van der Waals surface area contributed by atoms with Gasteiger partial charge in [0.15, 0.2) is 0 Å². The fourth-order valence-corrected chi connectivity index (χ4v) is 1.75. The normalized spacial score (nSPS) is 12.0. The highest BCUT2D eigenvalue weighted by atomic mass is 16.6. The van der Waals surface area contributed by atoms with Gasteiger partial charge in [0.2, 0.25) is 0 Å². The van der Waals surface area contributed by atoms with Crippen LogP contribution in [0.2, 0.25) is 0 Å². The number of rotatable bonds is 5. The number of nitrogens with one attached hydrogen (secondary N) is 1. The standard InChI is InChI=1S/C17H27N3O2/c1-13-14(12-18-16(21)22-17(2,3)4)9-10-15(19-13)8-7-11-20(5)6/h7-10H,11-12H2,1-6H3,(H,18,21)/b8-7+. The Morgan fingerprint density at radius 2 is 2.05 bits per heavy atom. The van der Waals surface area contributed by atoms with E-state index in [2.05, 4.69) is 21.3 Å². The van der Waals surface area contributed by atoms with Gasteiger partial charge in [-0.15, -0.1) is 0 Å². The fraction of sp³-hybridized carbons (Fsp3) is 0.529. The average molecular weight is 305 g/mol. The third-order valence-electron chi connectivity index (χ3n) is 2.80. The van der Waals surface area contributed by atoms with Gasteiger partial charge < -0.3 is 15.0 Å². The lowest BCUT2D eigenvalue weighted by molar-refractivity contribution is 0.0523. The van der Waals surface area contributed by atoms with E-state index in [9.17, 15) is 4.79 Å². The van der Waals surface area contributed by atoms with Crippen LogP contribution in [0.15, 0.2) is 18.2 Å². The molecule has 122 valence electrons. The molecular formula is C17H27N3O2. The zero-order valence-electron chi connectivity index (χ0n) is 14.4. The quantitative estimate of drug-likeness (QED) is 0.908. The van der Waals surface area contributed by atoms with Crippen LogP contribution in [0.25, 0.3) is 6.08 Å². The lowest BCUT2D eigenvalue weighted by atomic mass is 10.1. The van der Waals surface area contributed by atoms with Crippen molar-refractivity contribution in [2.75, 3.05) is 20.6 Å². The van der Waals surface area contributed by atoms with E-state index in [1.807, 2.05) is 60.0 Å². The maximum absolute atomic E-state index is 11.6. The van der Waals surface area contributed by atoms with E-state index in [1.165, 1.54) is 0 Å². The molecule has 0 aliphatic rings. The molecule has 0 unspecified atom stereocenters. The van der Waals surface area contributed by atoms with Crippen molar-refractivity contribution in [2.24, 2.45) is 0 Å². The number of carbonyl (C=O) groups excluding carboxylic acids is 1. The zero-order chi connectivity index (χ0) is 16.8. The summed E-state index contributed by atoms with van der Waals surface area (Å²) in [7, 11) is 4.04. The lowest BCUT2D eigenvalue weighted by Crippen LogP contribution is -2.32. The predicted molar refractivity (Wildman–Crippen MR) is 89.6 cm³/mol. The maximum Gasteiger partial charge on any atom is 0.407 e. The molecule has 1 N–H and O–H groups in total. The van der Waals surface area contributed by atoms with Crippen molar-refractivity contribution in [3.8, 4) is 0 Å². The molecule has 0 aromatic carbocycles. The van der Waals surface area contributed by atoms with Crippen LogP contribution in [0, 0.1) is 6.92 Å². The van der Waals surface area contributed by atoms with Gasteiger partial charge in [0.1, 0.15) is 5.60 Å². The number of hydrogen-bond donors (Lipinski definition) is 1. The van der Waals surface area contributed by atoms with Gasteiger partial charge >= 0.3 is 6.09 Å². The van der Waals surface area contributed by atoms with Crippen LogP contribution in [0.1, 0.15) is 37.7 Å². The summed E-state index contributed by atoms with van der Waals surface area (Å²) in [6, 6.07) is 3.93. The first-order valence-electron chi connectivity index (χ1n) is 7.42. The molecule has 1 heterocycles. The summed E-state index contributed by atoms with van der Waals surface area (Å²) in [6.07, 6.45) is 3.65. The summed E-state index contributed by atoms with van der Waals surface area (Å²) in [5.74, 6) is 0. The zero-order valence-corrected chi connectivity index (χ0v) is 14.4. The van der Waals surface area contributed by atoms with Crippen molar-refractivity contribution < 1.29 is 9.53 Å². The van der Waals surface area contributed by atoms with Crippen molar-refractivity contribution in [3.63, 3.8) is 0 Å². The van der Waals surface area contributed by atoms with Gasteiger partial charge in [0.25, 0.3) is 0 Å². The molecule has 0 saturated heterocycles. The third-order valence-corrected chi connectivity index (χ3v) is 2.80. The van der Waals surface area contributed by atoms with E-state index in [0.717, 1.165) is 23.5 Å². The van der Waals surface area contributed by atoms with E-state index < -0.39 is 11.7 Å². The third kappa shape index (κ3) is 7.22. The molecule has 0 aliphatic heterocycles. The molecule has 22 heavy (non-hydrogen) atoms. The van der Waals surface area contributed by atoms with Crippen molar-refractivity contribution in [3.05, 3.63) is 35.2 Å². The summed E-state index contributed by atoms with van der Waals surface area (Å²) in [4.78, 5) is 18.3. The van der Waals surface area contributed by atoms with Crippen LogP contribution in [-0.2, 0) is 11.3 Å². The van der Waals surface area contributed by atoms with E-state index in [1.54, 1.807) is 0 Å². The van der Waals surface area contributed by atoms with E-state index >= 15 is 0 Å². The van der Waals surface area contributed by atoms with E-state index in [-0.39, 0.29) is 0 Å². The number of hydrogen-bond acceptors (Lipinski definition) is 4. The molecular weight excluding hydrogens is 278 g/mol. The van der Waals surface area contributed by atoms with E-state index in [4.69, 9.17) is 4.74 Å². The molecule has 0 atom stereocenters. The Hall–Kier alpha value is -1.88. The Morgan fingerprint density at radius 3 is 2.59 bits per heavy atom. The van der Waals surface area contributed by atoms with Crippen LogP contribution in [0.5, 0.6) is 0 Å². The van der Waals surface area contributed by atoms with Crippen LogP contribution < -0.4 is 5.32 Å². The Bertz CT molecular complexity index is 531. The van der Waals surface area contributed by atoms with Crippen LogP contribution in [0.4, 0.5) is 4.79 Å². The van der Waals surface area contributed by atoms with Crippen LogP contribution >= 0.6 is 0 Å². The second-order valence-electron chi connectivity index (χ2n) is 6.50. The molecule has 1 aromatic heterocycles. The van der Waals surface area contributed by atoms with Gasteiger partial charge in [-0.2, -0.15) is 0 Å². The molecule has 1 rings (SSSR count). The minimum atomic E-state index is -0.488. The molecule has 0 bridgehead atoms. The number of alkyl carbamates (subject to hydrolysis) is 1. The Kier molecular flexibility index (Phi) is 6.56. The largest absolute Gasteiger partial charge is 0.444 e. The smallest absolute Gasteiger partial charge is 0.407 e. The minimum absolute atomic E-state index is 0.412. The number of ether oxygens (including phenoxy) is 1. The van der Waals surface area contributed by atoms with Crippen molar-refractivity contribution >= 4 is 12.2 Å². The molecule has 5 heteroatoms. The van der Waals surface area contributed by atoms with Crippen molar-refractivity contribution in [2.45, 2.75) is 39.8 Å². The fourth-order valence-electron chi connectivity index (χ4n) is 1.75. The van der Waals surface area contributed by atoms with Gasteiger partial charge in [0, 0.05) is 18.8 Å². The molecule has 0 aliphatic carbocycles. The SMILES string of the molecule is Cc1nc(/C=C/CN(C)C)ccc1CNC(=O)OC(C)(C)C. The second kappa shape index (κ2) is 7.94. The summed E-state index contributed by atoms with van der Waals surface area (Å²) in [6.45, 7) is 8.75. The average Bonchev–Trinajstić information content (AvgIpc) is 2.35. The number of nitrogens with zero attached hydrogens (tertiary/aromatic N) is 2. The number of likely N-dealkylation sites (N-methyl/N-ethyl adjacent to an activating group) is 1. The predicted octanol–water partition coefficient (Wildman–Crippen LogP) is 2.99. The first-order valence-corrected chi connectivity index (χ1v) is 7.42. The van der Waals surface area contributed by atoms with Gasteiger partial charge in [0.05, 0.1) is 5.69 Å². The number of aryl methyl sites for hydroxylation is 1. The summed E-state index contributed by atoms with van der Waals surface area (Å²) in [5.41, 5.74) is 2.32. The highest BCUT2D eigenvalue weighted by Crippen LogP contribution is 2.10. The molecule has 1 aromatic rings. The molecule has 0 spiro atoms. The first kappa shape index (κ1) is 18.2. The summed E-state index contributed by atoms with van der Waals surface area (Å²) in [5, 5.41) is 2.75.